The number of ether oxygens (including phenoxy) is 3. The van der Waals surface area contributed by atoms with Crippen LogP contribution in [-0.4, -0.2) is 44.7 Å². The van der Waals surface area contributed by atoms with Crippen LogP contribution >= 0.6 is 0 Å². The van der Waals surface area contributed by atoms with Crippen LogP contribution < -0.4 is 14.8 Å². The van der Waals surface area contributed by atoms with E-state index in [0.29, 0.717) is 29.8 Å². The van der Waals surface area contributed by atoms with Crippen molar-refractivity contribution in [1.29, 1.82) is 0 Å². The van der Waals surface area contributed by atoms with E-state index >= 15 is 0 Å². The Kier molecular flexibility index (Phi) is 6.47. The van der Waals surface area contributed by atoms with Gasteiger partial charge in [0.25, 0.3) is 5.91 Å². The van der Waals surface area contributed by atoms with E-state index in [1.165, 1.54) is 0 Å². The van der Waals surface area contributed by atoms with Crippen LogP contribution in [0.4, 0.5) is 0 Å². The average molecular weight is 423 g/mol. The second kappa shape index (κ2) is 9.43. The number of methoxy groups -OCH3 is 2. The molecule has 0 aliphatic carbocycles. The van der Waals surface area contributed by atoms with E-state index in [1.54, 1.807) is 31.4 Å². The topological polar surface area (TPSA) is 60.0 Å². The molecule has 0 spiro atoms. The Balaban J connectivity index is 1.57. The Morgan fingerprint density at radius 3 is 2.74 bits per heavy atom. The molecule has 1 N–H and O–H groups in total. The molecule has 3 aliphatic heterocycles. The van der Waals surface area contributed by atoms with E-state index in [2.05, 4.69) is 18.3 Å². The van der Waals surface area contributed by atoms with Gasteiger partial charge in [-0.15, -0.1) is 0 Å². The number of carbonyl (C=O) groups is 1. The predicted octanol–water partition coefficient (Wildman–Crippen LogP) is 3.88. The molecule has 2 unspecified atom stereocenters. The lowest BCUT2D eigenvalue weighted by Crippen LogP contribution is -2.27. The zero-order valence-electron chi connectivity index (χ0n) is 18.4. The third kappa shape index (κ3) is 4.69. The second-order valence-corrected chi connectivity index (χ2v) is 8.18. The molecule has 0 bridgehead atoms. The molecule has 3 heterocycles. The highest BCUT2D eigenvalue weighted by atomic mass is 16.5. The fraction of sp³-hybridized carbons (Fsp3) is 0.400. The summed E-state index contributed by atoms with van der Waals surface area (Å²) in [6.45, 7) is 4.82. The summed E-state index contributed by atoms with van der Waals surface area (Å²) in [5.41, 5.74) is 2.81. The zero-order valence-corrected chi connectivity index (χ0v) is 18.4. The highest BCUT2D eigenvalue weighted by Crippen LogP contribution is 2.36. The fourth-order valence-corrected chi connectivity index (χ4v) is 4.16. The van der Waals surface area contributed by atoms with Gasteiger partial charge in [0.1, 0.15) is 5.76 Å². The van der Waals surface area contributed by atoms with E-state index in [9.17, 15) is 4.79 Å². The summed E-state index contributed by atoms with van der Waals surface area (Å²) >= 11 is 0. The largest absolute Gasteiger partial charge is 0.493 e. The van der Waals surface area contributed by atoms with E-state index < -0.39 is 0 Å². The molecule has 6 heteroatoms. The number of allylic oxidation sites excluding steroid dienone is 4. The molecule has 164 valence electrons. The van der Waals surface area contributed by atoms with Crippen molar-refractivity contribution in [2.45, 2.75) is 19.8 Å². The maximum Gasteiger partial charge on any atom is 0.255 e. The number of fused-ring (bicyclic) bond motifs is 1. The maximum atomic E-state index is 13.2. The number of amides is 1. The van der Waals surface area contributed by atoms with Gasteiger partial charge >= 0.3 is 0 Å². The second-order valence-electron chi connectivity index (χ2n) is 8.18. The minimum Gasteiger partial charge on any atom is -0.493 e. The quantitative estimate of drug-likeness (QED) is 0.754. The smallest absolute Gasteiger partial charge is 0.255 e. The molecular formula is C25H30N2O4. The fourth-order valence-electron chi connectivity index (χ4n) is 4.16. The third-order valence-corrected chi connectivity index (χ3v) is 6.05. The van der Waals surface area contributed by atoms with Crippen LogP contribution in [0.5, 0.6) is 11.5 Å². The van der Waals surface area contributed by atoms with Crippen molar-refractivity contribution in [1.82, 2.24) is 10.2 Å². The van der Waals surface area contributed by atoms with Crippen LogP contribution in [0.1, 0.15) is 25.3 Å². The van der Waals surface area contributed by atoms with Crippen LogP contribution in [0.2, 0.25) is 0 Å². The summed E-state index contributed by atoms with van der Waals surface area (Å²) in [5, 5.41) is 3.35. The number of rotatable bonds is 6. The molecule has 1 aromatic carbocycles. The van der Waals surface area contributed by atoms with E-state index in [1.807, 2.05) is 30.4 Å². The number of hydrogen-bond donors (Lipinski definition) is 1. The molecule has 1 aromatic rings. The lowest BCUT2D eigenvalue weighted by molar-refractivity contribution is -0.122. The lowest BCUT2D eigenvalue weighted by atomic mass is 9.89. The van der Waals surface area contributed by atoms with Crippen LogP contribution in [-0.2, 0) is 9.53 Å². The Morgan fingerprint density at radius 1 is 1.16 bits per heavy atom. The van der Waals surface area contributed by atoms with E-state index in [4.69, 9.17) is 14.2 Å². The van der Waals surface area contributed by atoms with Crippen molar-refractivity contribution >= 4 is 11.5 Å². The van der Waals surface area contributed by atoms with E-state index in [-0.39, 0.29) is 11.8 Å². The lowest BCUT2D eigenvalue weighted by Gasteiger charge is -2.27. The first-order valence-electron chi connectivity index (χ1n) is 10.8. The van der Waals surface area contributed by atoms with Gasteiger partial charge in [0.05, 0.1) is 27.0 Å². The molecule has 2 atom stereocenters. The summed E-state index contributed by atoms with van der Waals surface area (Å²) in [6, 6.07) is 5.77. The highest BCUT2D eigenvalue weighted by Gasteiger charge is 2.24. The molecular weight excluding hydrogens is 392 g/mol. The molecule has 6 nitrogen and oxygen atoms in total. The SMILES string of the molecule is COc1ccc(C2=CC(=O)N3C=C(OCC4CCNC4)C=CC3=CCC2C)cc1OC. The molecule has 0 aromatic heterocycles. The van der Waals surface area contributed by atoms with Crippen molar-refractivity contribution in [3.05, 3.63) is 65.7 Å². The average Bonchev–Trinajstić information content (AvgIpc) is 3.32. The first-order valence-corrected chi connectivity index (χ1v) is 10.8. The Hall–Kier alpha value is -2.99. The summed E-state index contributed by atoms with van der Waals surface area (Å²) in [7, 11) is 3.23. The van der Waals surface area contributed by atoms with Crippen LogP contribution in [0.15, 0.2) is 60.2 Å². The molecule has 1 saturated heterocycles. The molecule has 0 radical (unpaired) electrons. The number of hydrogen-bond acceptors (Lipinski definition) is 5. The summed E-state index contributed by atoms with van der Waals surface area (Å²) in [4.78, 5) is 14.9. The molecule has 3 aliphatic rings. The number of nitrogens with zero attached hydrogens (tertiary/aromatic N) is 1. The third-order valence-electron chi connectivity index (χ3n) is 6.05. The maximum absolute atomic E-state index is 13.2. The van der Waals surface area contributed by atoms with Crippen LogP contribution in [0, 0.1) is 11.8 Å². The monoisotopic (exact) mass is 422 g/mol. The van der Waals surface area contributed by atoms with Crippen molar-refractivity contribution in [3.8, 4) is 11.5 Å². The van der Waals surface area contributed by atoms with Gasteiger partial charge < -0.3 is 19.5 Å². The number of nitrogens with one attached hydrogen (secondary N) is 1. The first-order chi connectivity index (χ1) is 15.1. The van der Waals surface area contributed by atoms with Gasteiger partial charge in [0.15, 0.2) is 11.5 Å². The molecule has 4 rings (SSSR count). The van der Waals surface area contributed by atoms with Crippen molar-refractivity contribution in [2.75, 3.05) is 33.9 Å². The minimum atomic E-state index is -0.0874. The highest BCUT2D eigenvalue weighted by molar-refractivity contribution is 5.98. The standard InChI is InChI=1S/C25H30N2O4/c1-17-4-6-20-7-8-21(31-16-18-10-11-26-14-18)15-27(20)25(28)13-22(17)19-5-9-23(29-2)24(12-19)30-3/h5-9,12-13,15,17-18,26H,4,10-11,14,16H2,1-3H3. The van der Waals surface area contributed by atoms with Crippen molar-refractivity contribution in [2.24, 2.45) is 11.8 Å². The zero-order chi connectivity index (χ0) is 21.8. The minimum absolute atomic E-state index is 0.0874. The molecule has 0 saturated carbocycles. The van der Waals surface area contributed by atoms with Crippen molar-refractivity contribution < 1.29 is 19.0 Å². The predicted molar refractivity (Wildman–Crippen MR) is 120 cm³/mol. The normalized spacial score (nSPS) is 23.3. The molecule has 1 fully saturated rings. The number of carbonyl (C=O) groups excluding carboxylic acids is 1. The Labute approximate surface area is 183 Å². The number of benzene rings is 1. The van der Waals surface area contributed by atoms with Gasteiger partial charge in [-0.3, -0.25) is 9.69 Å². The van der Waals surface area contributed by atoms with Gasteiger partial charge in [-0.25, -0.2) is 0 Å². The van der Waals surface area contributed by atoms with Crippen LogP contribution in [0.3, 0.4) is 0 Å². The van der Waals surface area contributed by atoms with Crippen molar-refractivity contribution in [3.63, 3.8) is 0 Å². The molecule has 1 amide bonds. The van der Waals surface area contributed by atoms with Crippen LogP contribution in [0.25, 0.3) is 5.57 Å². The Morgan fingerprint density at radius 2 is 2.00 bits per heavy atom. The van der Waals surface area contributed by atoms with E-state index in [0.717, 1.165) is 42.8 Å². The van der Waals surface area contributed by atoms with Gasteiger partial charge in [0, 0.05) is 24.2 Å². The van der Waals surface area contributed by atoms with Gasteiger partial charge in [-0.2, -0.15) is 0 Å². The van der Waals surface area contributed by atoms with Gasteiger partial charge in [0.2, 0.25) is 0 Å². The molecule has 31 heavy (non-hydrogen) atoms. The van der Waals surface area contributed by atoms with Gasteiger partial charge in [-0.05, 0) is 60.7 Å². The first kappa shape index (κ1) is 21.2. The summed E-state index contributed by atoms with van der Waals surface area (Å²) in [6.07, 6.45) is 11.5. The Bertz CT molecular complexity index is 954. The summed E-state index contributed by atoms with van der Waals surface area (Å²) in [5.74, 6) is 2.65. The van der Waals surface area contributed by atoms with Gasteiger partial charge in [-0.1, -0.05) is 19.1 Å². The summed E-state index contributed by atoms with van der Waals surface area (Å²) < 4.78 is 16.8.